The van der Waals surface area contributed by atoms with Gasteiger partial charge in [-0.05, 0) is 12.1 Å². The summed E-state index contributed by atoms with van der Waals surface area (Å²) in [4.78, 5) is 11.3. The Bertz CT molecular complexity index is 412. The van der Waals surface area contributed by atoms with E-state index in [9.17, 15) is 4.79 Å². The number of nitrogens with one attached hydrogen (secondary N) is 2. The molecule has 0 aromatic carbocycles. The maximum absolute atomic E-state index is 11.3. The summed E-state index contributed by atoms with van der Waals surface area (Å²) in [7, 11) is 0. The van der Waals surface area contributed by atoms with E-state index in [1.807, 2.05) is 0 Å². The Kier molecular flexibility index (Phi) is 2.93. The molecule has 0 saturated carbocycles. The molecule has 2 N–H and O–H groups in total. The summed E-state index contributed by atoms with van der Waals surface area (Å²) in [5.41, 5.74) is 0. The van der Waals surface area contributed by atoms with Gasteiger partial charge in [0.25, 0.3) is 0 Å². The molecule has 0 fully saturated rings. The van der Waals surface area contributed by atoms with Gasteiger partial charge in [0.05, 0.1) is 30.7 Å². The highest BCUT2D eigenvalue weighted by Gasteiger charge is 2.03. The summed E-state index contributed by atoms with van der Waals surface area (Å²) in [5, 5.41) is 5.15. The predicted octanol–water partition coefficient (Wildman–Crippen LogP) is 1.45. The largest absolute Gasteiger partial charge is 0.467 e. The molecule has 0 spiro atoms. The number of carbonyl (C=O) groups is 1. The van der Waals surface area contributed by atoms with Crippen molar-refractivity contribution in [2.75, 3.05) is 5.32 Å². The number of hydrogen-bond donors (Lipinski definition) is 2. The fourth-order valence-electron chi connectivity index (χ4n) is 0.961. The highest BCUT2D eigenvalue weighted by atomic mass is 32.1. The molecule has 2 amide bonds. The number of amides is 2. The molecule has 2 aromatic heterocycles. The number of carbonyl (C=O) groups excluding carboxylic acids is 1. The second-order valence-electron chi connectivity index (χ2n) is 2.68. The number of urea groups is 1. The van der Waals surface area contributed by atoms with Crippen LogP contribution in [0.1, 0.15) is 5.76 Å². The molecule has 0 aliphatic carbocycles. The Morgan fingerprint density at radius 1 is 1.60 bits per heavy atom. The Balaban J connectivity index is 1.78. The van der Waals surface area contributed by atoms with Crippen LogP contribution in [-0.4, -0.2) is 14.8 Å². The molecule has 15 heavy (non-hydrogen) atoms. The van der Waals surface area contributed by atoms with Gasteiger partial charge in [0.15, 0.2) is 5.82 Å². The van der Waals surface area contributed by atoms with E-state index in [0.717, 1.165) is 11.7 Å². The van der Waals surface area contributed by atoms with Crippen LogP contribution in [0.15, 0.2) is 29.0 Å². The monoisotopic (exact) mass is 224 g/mol. The maximum Gasteiger partial charge on any atom is 0.320 e. The van der Waals surface area contributed by atoms with Crippen molar-refractivity contribution < 1.29 is 9.21 Å². The lowest BCUT2D eigenvalue weighted by atomic mass is 10.4. The zero-order valence-electron chi connectivity index (χ0n) is 7.64. The highest BCUT2D eigenvalue weighted by molar-refractivity contribution is 6.99. The molecule has 2 aromatic rings. The summed E-state index contributed by atoms with van der Waals surface area (Å²) in [5.74, 6) is 1.14. The lowest BCUT2D eigenvalue weighted by Crippen LogP contribution is -2.28. The number of aromatic nitrogens is 2. The standard InChI is InChI=1S/C8H8N4O2S/c13-8(11-7-5-10-15-12-7)9-4-6-2-1-3-14-6/h1-3,5H,4H2,(H2,9,11,12,13). The summed E-state index contributed by atoms with van der Waals surface area (Å²) in [6.45, 7) is 0.344. The van der Waals surface area contributed by atoms with Crippen LogP contribution in [0.4, 0.5) is 10.6 Å². The quantitative estimate of drug-likeness (QED) is 0.827. The van der Waals surface area contributed by atoms with Crippen LogP contribution in [0.5, 0.6) is 0 Å². The molecule has 0 unspecified atom stereocenters. The average Bonchev–Trinajstić information content (AvgIpc) is 2.86. The van der Waals surface area contributed by atoms with E-state index in [1.54, 1.807) is 18.4 Å². The van der Waals surface area contributed by atoms with E-state index in [2.05, 4.69) is 19.4 Å². The molecule has 78 valence electrons. The SMILES string of the molecule is O=C(NCc1ccco1)Nc1cnsn1. The predicted molar refractivity (Wildman–Crippen MR) is 54.5 cm³/mol. The summed E-state index contributed by atoms with van der Waals surface area (Å²) >= 11 is 1.04. The van der Waals surface area contributed by atoms with E-state index in [0.29, 0.717) is 18.1 Å². The molecule has 0 atom stereocenters. The molecule has 6 nitrogen and oxygen atoms in total. The molecule has 0 aliphatic heterocycles. The molecular weight excluding hydrogens is 216 g/mol. The van der Waals surface area contributed by atoms with Crippen LogP contribution < -0.4 is 10.6 Å². The van der Waals surface area contributed by atoms with Gasteiger partial charge in [-0.15, -0.1) is 0 Å². The number of furan rings is 1. The van der Waals surface area contributed by atoms with Crippen molar-refractivity contribution in [1.29, 1.82) is 0 Å². The van der Waals surface area contributed by atoms with Crippen molar-refractivity contribution in [3.63, 3.8) is 0 Å². The number of nitrogens with zero attached hydrogens (tertiary/aromatic N) is 2. The first kappa shape index (κ1) is 9.66. The maximum atomic E-state index is 11.3. The zero-order valence-corrected chi connectivity index (χ0v) is 8.45. The second-order valence-corrected chi connectivity index (χ2v) is 3.24. The second kappa shape index (κ2) is 4.56. The molecular formula is C8H8N4O2S. The molecule has 7 heteroatoms. The van der Waals surface area contributed by atoms with E-state index >= 15 is 0 Å². The smallest absolute Gasteiger partial charge is 0.320 e. The fraction of sp³-hybridized carbons (Fsp3) is 0.125. The summed E-state index contributed by atoms with van der Waals surface area (Å²) in [6, 6.07) is 3.21. The number of rotatable bonds is 3. The van der Waals surface area contributed by atoms with Gasteiger partial charge in [-0.25, -0.2) is 4.79 Å². The van der Waals surface area contributed by atoms with Crippen molar-refractivity contribution in [3.8, 4) is 0 Å². The Morgan fingerprint density at radius 2 is 2.53 bits per heavy atom. The molecule has 0 radical (unpaired) electrons. The molecule has 0 aliphatic rings. The van der Waals surface area contributed by atoms with E-state index < -0.39 is 0 Å². The van der Waals surface area contributed by atoms with Crippen molar-refractivity contribution in [3.05, 3.63) is 30.4 Å². The topological polar surface area (TPSA) is 80.0 Å². The third-order valence-corrected chi connectivity index (χ3v) is 2.08. The van der Waals surface area contributed by atoms with E-state index in [4.69, 9.17) is 4.42 Å². The van der Waals surface area contributed by atoms with Gasteiger partial charge in [0.2, 0.25) is 0 Å². The van der Waals surface area contributed by atoms with Gasteiger partial charge < -0.3 is 9.73 Å². The zero-order chi connectivity index (χ0) is 10.5. The van der Waals surface area contributed by atoms with Crippen LogP contribution in [0, 0.1) is 0 Å². The van der Waals surface area contributed by atoms with Crippen LogP contribution in [0.2, 0.25) is 0 Å². The van der Waals surface area contributed by atoms with Crippen molar-refractivity contribution in [2.24, 2.45) is 0 Å². The Labute approximate surface area is 89.6 Å². The van der Waals surface area contributed by atoms with E-state index in [1.165, 1.54) is 6.20 Å². The van der Waals surface area contributed by atoms with Gasteiger partial charge in [-0.3, -0.25) is 5.32 Å². The average molecular weight is 224 g/mol. The minimum atomic E-state index is -0.334. The third-order valence-electron chi connectivity index (χ3n) is 1.61. The van der Waals surface area contributed by atoms with Gasteiger partial charge >= 0.3 is 6.03 Å². The summed E-state index contributed by atoms with van der Waals surface area (Å²) in [6.07, 6.45) is 3.04. The highest BCUT2D eigenvalue weighted by Crippen LogP contribution is 2.02. The normalized spacial score (nSPS) is 9.87. The van der Waals surface area contributed by atoms with Crippen LogP contribution in [-0.2, 0) is 6.54 Å². The first-order valence-electron chi connectivity index (χ1n) is 4.19. The Hall–Kier alpha value is -1.89. The molecule has 0 saturated heterocycles. The third kappa shape index (κ3) is 2.78. The minimum Gasteiger partial charge on any atom is -0.467 e. The van der Waals surface area contributed by atoms with Gasteiger partial charge in [-0.1, -0.05) is 0 Å². The van der Waals surface area contributed by atoms with Crippen LogP contribution in [0.3, 0.4) is 0 Å². The first-order valence-corrected chi connectivity index (χ1v) is 4.92. The lowest BCUT2D eigenvalue weighted by molar-refractivity contribution is 0.250. The van der Waals surface area contributed by atoms with Crippen molar-refractivity contribution in [1.82, 2.24) is 14.1 Å². The molecule has 2 rings (SSSR count). The van der Waals surface area contributed by atoms with Gasteiger partial charge in [0, 0.05) is 0 Å². The van der Waals surface area contributed by atoms with Crippen LogP contribution in [0.25, 0.3) is 0 Å². The molecule has 2 heterocycles. The van der Waals surface area contributed by atoms with Gasteiger partial charge in [0.1, 0.15) is 5.76 Å². The van der Waals surface area contributed by atoms with E-state index in [-0.39, 0.29) is 6.03 Å². The van der Waals surface area contributed by atoms with Crippen molar-refractivity contribution >= 4 is 23.6 Å². The molecule has 0 bridgehead atoms. The Morgan fingerprint density at radius 3 is 3.20 bits per heavy atom. The van der Waals surface area contributed by atoms with Crippen molar-refractivity contribution in [2.45, 2.75) is 6.54 Å². The minimum absolute atomic E-state index is 0.334. The van der Waals surface area contributed by atoms with Crippen LogP contribution >= 0.6 is 11.7 Å². The fourth-order valence-corrected chi connectivity index (χ4v) is 1.34. The lowest BCUT2D eigenvalue weighted by Gasteiger charge is -2.02. The number of anilines is 1. The number of hydrogen-bond acceptors (Lipinski definition) is 5. The summed E-state index contributed by atoms with van der Waals surface area (Å²) < 4.78 is 12.6. The van der Waals surface area contributed by atoms with Gasteiger partial charge in [-0.2, -0.15) is 8.75 Å². The first-order chi connectivity index (χ1) is 7.34.